The average molecular weight is 348 g/mol. The minimum atomic E-state index is -1.49. The first-order valence-corrected chi connectivity index (χ1v) is 9.28. The molecule has 0 radical (unpaired) electrons. The highest BCUT2D eigenvalue weighted by Gasteiger charge is 2.30. The molecule has 0 fully saturated rings. The van der Waals surface area contributed by atoms with E-state index < -0.39 is 14.2 Å². The fourth-order valence-electron chi connectivity index (χ4n) is 3.39. The second-order valence-corrected chi connectivity index (χ2v) is 7.97. The minimum absolute atomic E-state index is 0.542. The fourth-order valence-corrected chi connectivity index (χ4v) is 5.20. The van der Waals surface area contributed by atoms with Gasteiger partial charge in [0, 0.05) is 20.7 Å². The van der Waals surface area contributed by atoms with Gasteiger partial charge in [-0.2, -0.15) is 0 Å². The smallest absolute Gasteiger partial charge is 0.423 e. The molecule has 0 saturated carbocycles. The van der Waals surface area contributed by atoms with Crippen molar-refractivity contribution in [2.45, 2.75) is 33.1 Å². The lowest BCUT2D eigenvalue weighted by Gasteiger charge is -2.13. The Bertz CT molecular complexity index is 699. The van der Waals surface area contributed by atoms with Crippen molar-refractivity contribution in [3.8, 4) is 0 Å². The predicted octanol–water partition coefficient (Wildman–Crippen LogP) is 0.881. The lowest BCUT2D eigenvalue weighted by Crippen LogP contribution is -2.32. The van der Waals surface area contributed by atoms with Gasteiger partial charge in [0.05, 0.1) is 0 Å². The van der Waals surface area contributed by atoms with E-state index in [-0.39, 0.29) is 0 Å². The Hall–Kier alpha value is -0.890. The highest BCUT2D eigenvalue weighted by atomic mass is 32.1. The Morgan fingerprint density at radius 1 is 0.783 bits per heavy atom. The van der Waals surface area contributed by atoms with Crippen LogP contribution in [0.1, 0.15) is 40.1 Å². The maximum atomic E-state index is 9.65. The van der Waals surface area contributed by atoms with E-state index in [0.29, 0.717) is 10.9 Å². The molecule has 0 spiro atoms. The number of hydrogen-bond acceptors (Lipinski definition) is 6. The Balaban J connectivity index is 2.21. The maximum Gasteiger partial charge on any atom is 0.489 e. The number of allylic oxidation sites excluding steroid dienone is 2. The van der Waals surface area contributed by atoms with Crippen molar-refractivity contribution in [3.63, 3.8) is 0 Å². The Morgan fingerprint density at radius 2 is 1.17 bits per heavy atom. The number of hydrogen-bond donors (Lipinski definition) is 4. The largest absolute Gasteiger partial charge is 0.489 e. The van der Waals surface area contributed by atoms with Gasteiger partial charge < -0.3 is 20.1 Å². The summed E-state index contributed by atoms with van der Waals surface area (Å²) < 4.78 is 0. The Kier molecular flexibility index (Phi) is 4.82. The minimum Gasteiger partial charge on any atom is -0.423 e. The van der Waals surface area contributed by atoms with Crippen molar-refractivity contribution in [2.24, 2.45) is 0 Å². The van der Waals surface area contributed by atoms with Crippen LogP contribution in [0.5, 0.6) is 0 Å². The molecule has 0 aromatic carbocycles. The van der Waals surface area contributed by atoms with Crippen molar-refractivity contribution in [1.29, 1.82) is 0 Å². The summed E-state index contributed by atoms with van der Waals surface area (Å²) in [6.07, 6.45) is 2.71. The molecule has 1 aliphatic rings. The van der Waals surface area contributed by atoms with Gasteiger partial charge in [0.2, 0.25) is 0 Å². The van der Waals surface area contributed by atoms with E-state index in [1.165, 1.54) is 22.7 Å². The number of thiophene rings is 2. The molecule has 2 aromatic heterocycles. The van der Waals surface area contributed by atoms with Crippen LogP contribution in [0.15, 0.2) is 10.8 Å². The van der Waals surface area contributed by atoms with E-state index in [0.717, 1.165) is 51.3 Å². The zero-order valence-corrected chi connectivity index (χ0v) is 14.7. The van der Waals surface area contributed by atoms with Gasteiger partial charge in [-0.15, -0.1) is 22.7 Å². The standard InChI is InChI=1S/C15H18B2O4S2/c1-8-14(12(6-22-8)16(18)19)10-4-3-5-11(10)15-9(2)23-7-13(15)17(20)21/h6-7,18-21H,3-5H2,1-2H3. The van der Waals surface area contributed by atoms with Crippen LogP contribution in [-0.4, -0.2) is 34.3 Å². The highest BCUT2D eigenvalue weighted by Crippen LogP contribution is 2.42. The first-order valence-electron chi connectivity index (χ1n) is 7.52. The second kappa shape index (κ2) is 6.55. The van der Waals surface area contributed by atoms with Crippen LogP contribution < -0.4 is 10.9 Å². The quantitative estimate of drug-likeness (QED) is 0.619. The van der Waals surface area contributed by atoms with Gasteiger partial charge in [-0.3, -0.25) is 0 Å². The van der Waals surface area contributed by atoms with Crippen LogP contribution in [0.25, 0.3) is 11.1 Å². The van der Waals surface area contributed by atoms with Crippen LogP contribution in [0.3, 0.4) is 0 Å². The normalized spacial score (nSPS) is 14.7. The molecular formula is C15H18B2O4S2. The molecule has 0 amide bonds. The average Bonchev–Trinajstić information content (AvgIpc) is 3.15. The van der Waals surface area contributed by atoms with Crippen molar-refractivity contribution >= 4 is 59.0 Å². The third-order valence-electron chi connectivity index (χ3n) is 4.38. The molecule has 4 nitrogen and oxygen atoms in total. The third-order valence-corrected chi connectivity index (χ3v) is 6.24. The van der Waals surface area contributed by atoms with Gasteiger partial charge >= 0.3 is 14.2 Å². The summed E-state index contributed by atoms with van der Waals surface area (Å²) in [7, 11) is -2.98. The van der Waals surface area contributed by atoms with Crippen molar-refractivity contribution in [3.05, 3.63) is 31.6 Å². The van der Waals surface area contributed by atoms with Crippen LogP contribution in [0.4, 0.5) is 0 Å². The van der Waals surface area contributed by atoms with Gasteiger partial charge in [0.1, 0.15) is 0 Å². The molecule has 2 aromatic rings. The summed E-state index contributed by atoms with van der Waals surface area (Å²) in [5, 5.41) is 42.2. The van der Waals surface area contributed by atoms with Crippen molar-refractivity contribution in [2.75, 3.05) is 0 Å². The van der Waals surface area contributed by atoms with Gasteiger partial charge in [-0.25, -0.2) is 0 Å². The molecule has 0 aliphatic heterocycles. The summed E-state index contributed by atoms with van der Waals surface area (Å²) in [5.74, 6) is 0. The Labute approximate surface area is 144 Å². The predicted molar refractivity (Wildman–Crippen MR) is 98.4 cm³/mol. The van der Waals surface area contributed by atoms with Crippen LogP contribution in [0, 0.1) is 13.8 Å². The van der Waals surface area contributed by atoms with E-state index in [9.17, 15) is 20.1 Å². The number of aryl methyl sites for hydroxylation is 2. The van der Waals surface area contributed by atoms with Crippen LogP contribution >= 0.6 is 22.7 Å². The van der Waals surface area contributed by atoms with Gasteiger partial charge in [0.15, 0.2) is 0 Å². The topological polar surface area (TPSA) is 80.9 Å². The molecule has 23 heavy (non-hydrogen) atoms. The molecule has 8 heteroatoms. The van der Waals surface area contributed by atoms with Gasteiger partial charge in [-0.1, -0.05) is 0 Å². The SMILES string of the molecule is Cc1scc(B(O)O)c1C1=C(c2c(B(O)O)csc2C)CCC1. The van der Waals surface area contributed by atoms with E-state index in [2.05, 4.69) is 0 Å². The van der Waals surface area contributed by atoms with Crippen LogP contribution in [-0.2, 0) is 0 Å². The molecule has 0 bridgehead atoms. The fraction of sp³-hybridized carbons (Fsp3) is 0.333. The molecule has 3 rings (SSSR count). The summed E-state index contributed by atoms with van der Waals surface area (Å²) in [6, 6.07) is 0. The Morgan fingerprint density at radius 3 is 1.52 bits per heavy atom. The van der Waals surface area contributed by atoms with Gasteiger partial charge in [-0.05, 0) is 66.1 Å². The maximum absolute atomic E-state index is 9.65. The van der Waals surface area contributed by atoms with Crippen LogP contribution in [0.2, 0.25) is 0 Å². The van der Waals surface area contributed by atoms with Crippen molar-refractivity contribution < 1.29 is 20.1 Å². The molecule has 4 N–H and O–H groups in total. The third kappa shape index (κ3) is 2.95. The van der Waals surface area contributed by atoms with E-state index in [1.54, 1.807) is 10.8 Å². The molecule has 120 valence electrons. The lowest BCUT2D eigenvalue weighted by molar-refractivity contribution is 0.424. The summed E-state index contributed by atoms with van der Waals surface area (Å²) in [5.41, 5.74) is 5.13. The first kappa shape index (κ1) is 16.9. The summed E-state index contributed by atoms with van der Waals surface area (Å²) >= 11 is 3.02. The zero-order valence-electron chi connectivity index (χ0n) is 13.0. The molecular weight excluding hydrogens is 330 g/mol. The highest BCUT2D eigenvalue weighted by molar-refractivity contribution is 7.12. The summed E-state index contributed by atoms with van der Waals surface area (Å²) in [6.45, 7) is 3.97. The van der Waals surface area contributed by atoms with E-state index >= 15 is 0 Å². The molecule has 1 aliphatic carbocycles. The van der Waals surface area contributed by atoms with E-state index in [4.69, 9.17) is 0 Å². The molecule has 2 heterocycles. The second-order valence-electron chi connectivity index (χ2n) is 5.80. The molecule has 0 unspecified atom stereocenters. The zero-order chi connectivity index (χ0) is 16.7. The molecule has 0 atom stereocenters. The first-order chi connectivity index (χ1) is 10.9. The monoisotopic (exact) mass is 348 g/mol. The van der Waals surface area contributed by atoms with Crippen molar-refractivity contribution in [1.82, 2.24) is 0 Å². The summed E-state index contributed by atoms with van der Waals surface area (Å²) in [4.78, 5) is 2.11. The number of rotatable bonds is 4. The van der Waals surface area contributed by atoms with E-state index in [1.807, 2.05) is 13.8 Å². The molecule has 0 saturated heterocycles. The lowest BCUT2D eigenvalue weighted by atomic mass is 9.74. The van der Waals surface area contributed by atoms with Gasteiger partial charge in [0.25, 0.3) is 0 Å².